The summed E-state index contributed by atoms with van der Waals surface area (Å²) in [5, 5.41) is 2.92. The van der Waals surface area contributed by atoms with Crippen LogP contribution in [0.25, 0.3) is 0 Å². The van der Waals surface area contributed by atoms with Crippen LogP contribution < -0.4 is 11.1 Å². The van der Waals surface area contributed by atoms with Gasteiger partial charge in [0.1, 0.15) is 10.8 Å². The van der Waals surface area contributed by atoms with Crippen molar-refractivity contribution in [3.05, 3.63) is 47.5 Å². The Morgan fingerprint density at radius 1 is 1.24 bits per heavy atom. The molecule has 0 atom stereocenters. The quantitative estimate of drug-likeness (QED) is 0.820. The maximum Gasteiger partial charge on any atom is 0.275 e. The molecular formula is C13H11ClN4O2S. The summed E-state index contributed by atoms with van der Waals surface area (Å²) in [5.74, 6) is -0.704. The lowest BCUT2D eigenvalue weighted by Crippen LogP contribution is -2.15. The monoisotopic (exact) mass is 322 g/mol. The fraction of sp³-hybridized carbons (Fsp3) is 0.0769. The summed E-state index contributed by atoms with van der Waals surface area (Å²) in [4.78, 5) is 31.3. The van der Waals surface area contributed by atoms with E-state index in [0.717, 1.165) is 4.90 Å². The van der Waals surface area contributed by atoms with Crippen molar-refractivity contribution < 1.29 is 9.59 Å². The number of carbonyl (C=O) groups excluding carboxylic acids is 2. The molecule has 1 aromatic carbocycles. The third-order valence-corrected chi connectivity index (χ3v) is 3.65. The molecule has 0 fully saturated rings. The fourth-order valence-corrected chi connectivity index (χ4v) is 2.31. The molecule has 2 rings (SSSR count). The number of primary amides is 1. The summed E-state index contributed by atoms with van der Waals surface area (Å²) in [6, 6.07) is 7.10. The second-order valence-corrected chi connectivity index (χ2v) is 5.33. The van der Waals surface area contributed by atoms with Crippen LogP contribution in [0.15, 0.2) is 41.6 Å². The number of nitrogens with zero attached hydrogens (tertiary/aromatic N) is 2. The Morgan fingerprint density at radius 3 is 2.67 bits per heavy atom. The van der Waals surface area contributed by atoms with Crippen molar-refractivity contribution in [3.8, 4) is 0 Å². The van der Waals surface area contributed by atoms with Crippen LogP contribution in [0.5, 0.6) is 0 Å². The van der Waals surface area contributed by atoms with Gasteiger partial charge in [0.25, 0.3) is 5.91 Å². The molecule has 0 aliphatic heterocycles. The highest BCUT2D eigenvalue weighted by Crippen LogP contribution is 2.26. The van der Waals surface area contributed by atoms with Crippen molar-refractivity contribution >= 4 is 40.9 Å². The van der Waals surface area contributed by atoms with Gasteiger partial charge in [0.05, 0.1) is 23.8 Å². The van der Waals surface area contributed by atoms with Crippen molar-refractivity contribution in [2.75, 3.05) is 11.1 Å². The lowest BCUT2D eigenvalue weighted by Gasteiger charge is -2.09. The molecule has 21 heavy (non-hydrogen) atoms. The molecule has 0 spiro atoms. The molecule has 6 nitrogen and oxygen atoms in total. The van der Waals surface area contributed by atoms with Crippen molar-refractivity contribution in [3.63, 3.8) is 0 Å². The minimum Gasteiger partial charge on any atom is -0.369 e. The fourth-order valence-electron chi connectivity index (χ4n) is 1.46. The number of para-hydroxylation sites is 1. The van der Waals surface area contributed by atoms with E-state index in [4.69, 9.17) is 17.3 Å². The molecule has 2 aromatic rings. The van der Waals surface area contributed by atoms with Crippen molar-refractivity contribution in [1.82, 2.24) is 9.97 Å². The number of amides is 2. The predicted octanol–water partition coefficient (Wildman–Crippen LogP) is 1.96. The molecule has 8 heteroatoms. The molecule has 3 N–H and O–H groups in total. The summed E-state index contributed by atoms with van der Waals surface area (Å²) >= 11 is 6.87. The molecular weight excluding hydrogens is 312 g/mol. The molecule has 0 saturated carbocycles. The topological polar surface area (TPSA) is 98.0 Å². The van der Waals surface area contributed by atoms with Gasteiger partial charge < -0.3 is 11.1 Å². The van der Waals surface area contributed by atoms with Crippen molar-refractivity contribution in [1.29, 1.82) is 0 Å². The standard InChI is InChI=1S/C13H11ClN4O2S/c14-11-6-16-9(5-17-11)13(20)18-8-3-1-2-4-10(8)21-7-12(15)19/h1-6H,7H2,(H2,15,19)(H,18,20). The summed E-state index contributed by atoms with van der Waals surface area (Å²) in [6.07, 6.45) is 2.58. The van der Waals surface area contributed by atoms with Gasteiger partial charge >= 0.3 is 0 Å². The molecule has 0 bridgehead atoms. The van der Waals surface area contributed by atoms with Gasteiger partial charge in [-0.2, -0.15) is 0 Å². The van der Waals surface area contributed by atoms with Crippen LogP contribution in [0.2, 0.25) is 5.15 Å². The highest BCUT2D eigenvalue weighted by atomic mass is 35.5. The lowest BCUT2D eigenvalue weighted by molar-refractivity contribution is -0.115. The first-order chi connectivity index (χ1) is 10.1. The molecule has 0 unspecified atom stereocenters. The van der Waals surface area contributed by atoms with Crippen LogP contribution in [-0.4, -0.2) is 27.5 Å². The number of thioether (sulfide) groups is 1. The first kappa shape index (κ1) is 15.3. The molecule has 1 aromatic heterocycles. The highest BCUT2D eigenvalue weighted by molar-refractivity contribution is 8.00. The van der Waals surface area contributed by atoms with Gasteiger partial charge in [0.15, 0.2) is 0 Å². The van der Waals surface area contributed by atoms with Crippen molar-refractivity contribution in [2.45, 2.75) is 4.90 Å². The number of anilines is 1. The SMILES string of the molecule is NC(=O)CSc1ccccc1NC(=O)c1cnc(Cl)cn1. The van der Waals surface area contributed by atoms with E-state index in [1.807, 2.05) is 0 Å². The summed E-state index contributed by atoms with van der Waals surface area (Å²) in [5.41, 5.74) is 5.84. The average molecular weight is 323 g/mol. The minimum atomic E-state index is -0.426. The Morgan fingerprint density at radius 2 is 2.00 bits per heavy atom. The lowest BCUT2D eigenvalue weighted by atomic mass is 10.3. The maximum atomic E-state index is 12.1. The summed E-state index contributed by atoms with van der Waals surface area (Å²) in [7, 11) is 0. The van der Waals surface area contributed by atoms with E-state index in [1.165, 1.54) is 24.2 Å². The Labute approximate surface area is 130 Å². The molecule has 0 saturated heterocycles. The van der Waals surface area contributed by atoms with Gasteiger partial charge in [-0.3, -0.25) is 9.59 Å². The molecule has 1 heterocycles. The third-order valence-electron chi connectivity index (χ3n) is 2.36. The van der Waals surface area contributed by atoms with Crippen molar-refractivity contribution in [2.24, 2.45) is 5.73 Å². The van der Waals surface area contributed by atoms with Crippen LogP contribution in [0, 0.1) is 0 Å². The van der Waals surface area contributed by atoms with Gasteiger partial charge in [0, 0.05) is 4.90 Å². The Balaban J connectivity index is 2.13. The third kappa shape index (κ3) is 4.44. The summed E-state index contributed by atoms with van der Waals surface area (Å²) < 4.78 is 0. The normalized spacial score (nSPS) is 10.1. The van der Waals surface area contributed by atoms with Gasteiger partial charge in [-0.15, -0.1) is 11.8 Å². The largest absolute Gasteiger partial charge is 0.369 e. The first-order valence-electron chi connectivity index (χ1n) is 5.85. The number of carbonyl (C=O) groups is 2. The number of rotatable bonds is 5. The number of hydrogen-bond donors (Lipinski definition) is 2. The number of aromatic nitrogens is 2. The first-order valence-corrected chi connectivity index (χ1v) is 7.21. The Hall–Kier alpha value is -2.12. The molecule has 2 amide bonds. The number of halogens is 1. The van der Waals surface area contributed by atoms with E-state index in [1.54, 1.807) is 24.3 Å². The second-order valence-electron chi connectivity index (χ2n) is 3.93. The molecule has 0 aliphatic rings. The van der Waals surface area contributed by atoms with Crippen LogP contribution >= 0.6 is 23.4 Å². The van der Waals surface area contributed by atoms with E-state index < -0.39 is 11.8 Å². The zero-order chi connectivity index (χ0) is 15.2. The van der Waals surface area contributed by atoms with E-state index >= 15 is 0 Å². The van der Waals surface area contributed by atoms with Crippen LogP contribution in [-0.2, 0) is 4.79 Å². The summed E-state index contributed by atoms with van der Waals surface area (Å²) in [6.45, 7) is 0. The van der Waals surface area contributed by atoms with Crippen LogP contribution in [0.3, 0.4) is 0 Å². The highest BCUT2D eigenvalue weighted by Gasteiger charge is 2.11. The maximum absolute atomic E-state index is 12.1. The number of hydrogen-bond acceptors (Lipinski definition) is 5. The number of nitrogens with two attached hydrogens (primary N) is 1. The van der Waals surface area contributed by atoms with E-state index in [-0.39, 0.29) is 16.6 Å². The smallest absolute Gasteiger partial charge is 0.275 e. The zero-order valence-corrected chi connectivity index (χ0v) is 12.3. The van der Waals surface area contributed by atoms with Gasteiger partial charge in [-0.25, -0.2) is 9.97 Å². The van der Waals surface area contributed by atoms with Gasteiger partial charge in [-0.1, -0.05) is 23.7 Å². The molecule has 0 aliphatic carbocycles. The minimum absolute atomic E-state index is 0.133. The van der Waals surface area contributed by atoms with E-state index in [9.17, 15) is 9.59 Å². The zero-order valence-electron chi connectivity index (χ0n) is 10.7. The van der Waals surface area contributed by atoms with Gasteiger partial charge in [0.2, 0.25) is 5.91 Å². The van der Waals surface area contributed by atoms with E-state index in [2.05, 4.69) is 15.3 Å². The molecule has 0 radical (unpaired) electrons. The predicted molar refractivity (Wildman–Crippen MR) is 81.4 cm³/mol. The Bertz CT molecular complexity index is 663. The number of benzene rings is 1. The van der Waals surface area contributed by atoms with Crippen LogP contribution in [0.4, 0.5) is 5.69 Å². The second kappa shape index (κ2) is 7.05. The van der Waals surface area contributed by atoms with Gasteiger partial charge in [-0.05, 0) is 12.1 Å². The van der Waals surface area contributed by atoms with E-state index in [0.29, 0.717) is 5.69 Å². The van der Waals surface area contributed by atoms with Crippen LogP contribution in [0.1, 0.15) is 10.5 Å². The Kier molecular flexibility index (Phi) is 5.13. The average Bonchev–Trinajstić information content (AvgIpc) is 2.47. The molecule has 108 valence electrons. The number of nitrogens with one attached hydrogen (secondary N) is 1.